The molecule has 5 N–H and O–H groups in total. The summed E-state index contributed by atoms with van der Waals surface area (Å²) in [6, 6.07) is 4.92. The van der Waals surface area contributed by atoms with E-state index in [-0.39, 0.29) is 0 Å². The number of benzene rings is 1. The van der Waals surface area contributed by atoms with E-state index in [9.17, 15) is 14.7 Å². The highest BCUT2D eigenvalue weighted by atomic mass is 16.3. The smallest absolute Gasteiger partial charge is 0.248 e. The van der Waals surface area contributed by atoms with Crippen LogP contribution in [0.2, 0.25) is 0 Å². The molecule has 1 aliphatic rings. The van der Waals surface area contributed by atoms with Gasteiger partial charge in [-0.2, -0.15) is 0 Å². The van der Waals surface area contributed by atoms with Crippen LogP contribution in [0.25, 0.3) is 0 Å². The Bertz CT molecular complexity index is 485. The molecular weight excluding hydrogens is 220 g/mol. The molecule has 0 heterocycles. The van der Waals surface area contributed by atoms with Crippen LogP contribution in [0.3, 0.4) is 0 Å². The van der Waals surface area contributed by atoms with Crippen LogP contribution in [0.15, 0.2) is 18.2 Å². The van der Waals surface area contributed by atoms with E-state index in [2.05, 4.69) is 0 Å². The van der Waals surface area contributed by atoms with E-state index >= 15 is 0 Å². The third-order valence-electron chi connectivity index (χ3n) is 3.22. The Balaban J connectivity index is 2.42. The predicted octanol–water partition coefficient (Wildman–Crippen LogP) is -0.133. The van der Waals surface area contributed by atoms with Crippen molar-refractivity contribution in [1.82, 2.24) is 0 Å². The Kier molecular flexibility index (Phi) is 2.85. The van der Waals surface area contributed by atoms with E-state index < -0.39 is 23.8 Å². The van der Waals surface area contributed by atoms with Crippen molar-refractivity contribution < 1.29 is 14.7 Å². The summed E-state index contributed by atoms with van der Waals surface area (Å²) < 4.78 is 0. The van der Waals surface area contributed by atoms with Gasteiger partial charge in [-0.1, -0.05) is 6.07 Å². The van der Waals surface area contributed by atoms with Crippen LogP contribution in [0.4, 0.5) is 0 Å². The van der Waals surface area contributed by atoms with Crippen molar-refractivity contribution in [1.29, 1.82) is 0 Å². The Morgan fingerprint density at radius 2 is 2.00 bits per heavy atom. The third kappa shape index (κ3) is 2.01. The van der Waals surface area contributed by atoms with Crippen molar-refractivity contribution >= 4 is 11.8 Å². The van der Waals surface area contributed by atoms with Crippen LogP contribution in [0, 0.1) is 5.92 Å². The van der Waals surface area contributed by atoms with Gasteiger partial charge >= 0.3 is 0 Å². The molecule has 5 nitrogen and oxygen atoms in total. The maximum Gasteiger partial charge on any atom is 0.248 e. The van der Waals surface area contributed by atoms with Crippen molar-refractivity contribution in [2.45, 2.75) is 18.9 Å². The first-order valence-corrected chi connectivity index (χ1v) is 5.40. The first kappa shape index (κ1) is 11.6. The summed E-state index contributed by atoms with van der Waals surface area (Å²) in [4.78, 5) is 22.2. The number of hydrogen-bond acceptors (Lipinski definition) is 3. The molecule has 0 radical (unpaired) electrons. The Hall–Kier alpha value is -1.88. The molecule has 17 heavy (non-hydrogen) atoms. The zero-order valence-corrected chi connectivity index (χ0v) is 9.22. The maximum atomic E-state index is 11.2. The minimum atomic E-state index is -0.949. The fraction of sp³-hybridized carbons (Fsp3) is 0.333. The van der Waals surface area contributed by atoms with E-state index in [0.717, 1.165) is 5.56 Å². The van der Waals surface area contributed by atoms with Crippen LogP contribution >= 0.6 is 0 Å². The summed E-state index contributed by atoms with van der Waals surface area (Å²) in [5.41, 5.74) is 12.2. The standard InChI is InChI=1S/C12H14N2O3/c13-11(16)7-2-1-6-3-4-8(12(14)17)10(15)9(6)5-7/h1-2,5,8,10,15H,3-4H2,(H2,13,16)(H2,14,17). The van der Waals surface area contributed by atoms with E-state index in [1.165, 1.54) is 6.07 Å². The SMILES string of the molecule is NC(=O)c1ccc2c(c1)C(O)C(C(N)=O)CC2. The number of hydrogen-bond donors (Lipinski definition) is 3. The highest BCUT2D eigenvalue weighted by Gasteiger charge is 2.32. The summed E-state index contributed by atoms with van der Waals surface area (Å²) in [5, 5.41) is 10.0. The second-order valence-corrected chi connectivity index (χ2v) is 4.27. The summed E-state index contributed by atoms with van der Waals surface area (Å²) >= 11 is 0. The number of amides is 2. The number of aliphatic hydroxyl groups excluding tert-OH is 1. The Morgan fingerprint density at radius 3 is 2.59 bits per heavy atom. The minimum absolute atomic E-state index is 0.327. The number of nitrogens with two attached hydrogens (primary N) is 2. The van der Waals surface area contributed by atoms with Gasteiger partial charge in [0, 0.05) is 5.56 Å². The van der Waals surface area contributed by atoms with Crippen LogP contribution in [0.5, 0.6) is 0 Å². The lowest BCUT2D eigenvalue weighted by atomic mass is 9.80. The summed E-state index contributed by atoms with van der Waals surface area (Å²) in [7, 11) is 0. The van der Waals surface area contributed by atoms with Crippen molar-refractivity contribution in [3.8, 4) is 0 Å². The highest BCUT2D eigenvalue weighted by Crippen LogP contribution is 2.34. The number of carbonyl (C=O) groups is 2. The van der Waals surface area contributed by atoms with E-state index in [1.54, 1.807) is 12.1 Å². The predicted molar refractivity (Wildman–Crippen MR) is 60.9 cm³/mol. The van der Waals surface area contributed by atoms with E-state index in [1.807, 2.05) is 0 Å². The second kappa shape index (κ2) is 4.18. The quantitative estimate of drug-likeness (QED) is 0.663. The van der Waals surface area contributed by atoms with Gasteiger partial charge in [-0.05, 0) is 36.1 Å². The van der Waals surface area contributed by atoms with Crippen molar-refractivity contribution in [3.63, 3.8) is 0 Å². The molecule has 0 saturated heterocycles. The number of fused-ring (bicyclic) bond motifs is 1. The number of aryl methyl sites for hydroxylation is 1. The van der Waals surface area contributed by atoms with Crippen molar-refractivity contribution in [2.75, 3.05) is 0 Å². The second-order valence-electron chi connectivity index (χ2n) is 4.27. The fourth-order valence-electron chi connectivity index (χ4n) is 2.23. The molecule has 90 valence electrons. The average molecular weight is 234 g/mol. The molecule has 1 aromatic carbocycles. The topological polar surface area (TPSA) is 106 Å². The zero-order valence-electron chi connectivity index (χ0n) is 9.22. The van der Waals surface area contributed by atoms with Crippen LogP contribution in [-0.2, 0) is 11.2 Å². The largest absolute Gasteiger partial charge is 0.388 e. The fourth-order valence-corrected chi connectivity index (χ4v) is 2.23. The Morgan fingerprint density at radius 1 is 1.29 bits per heavy atom. The van der Waals surface area contributed by atoms with Crippen LogP contribution in [0.1, 0.15) is 34.0 Å². The van der Waals surface area contributed by atoms with Gasteiger partial charge in [0.15, 0.2) is 0 Å². The number of rotatable bonds is 2. The van der Waals surface area contributed by atoms with E-state index in [4.69, 9.17) is 11.5 Å². The normalized spacial score (nSPS) is 22.9. The molecule has 2 rings (SSSR count). The zero-order chi connectivity index (χ0) is 12.6. The molecule has 0 aliphatic heterocycles. The molecule has 1 aromatic rings. The van der Waals surface area contributed by atoms with Gasteiger partial charge in [-0.15, -0.1) is 0 Å². The summed E-state index contributed by atoms with van der Waals surface area (Å²) in [6.07, 6.45) is 0.244. The molecule has 2 unspecified atom stereocenters. The van der Waals surface area contributed by atoms with Crippen molar-refractivity contribution in [2.24, 2.45) is 17.4 Å². The monoisotopic (exact) mass is 234 g/mol. The molecule has 0 saturated carbocycles. The lowest BCUT2D eigenvalue weighted by Crippen LogP contribution is -2.32. The van der Waals surface area contributed by atoms with Gasteiger partial charge < -0.3 is 16.6 Å². The third-order valence-corrected chi connectivity index (χ3v) is 3.22. The molecule has 1 aliphatic carbocycles. The summed E-state index contributed by atoms with van der Waals surface area (Å²) in [6.45, 7) is 0. The first-order valence-electron chi connectivity index (χ1n) is 5.40. The van der Waals surface area contributed by atoms with Gasteiger partial charge in [0.2, 0.25) is 11.8 Å². The van der Waals surface area contributed by atoms with E-state index in [0.29, 0.717) is 24.0 Å². The first-order chi connectivity index (χ1) is 8.00. The highest BCUT2D eigenvalue weighted by molar-refractivity contribution is 5.93. The van der Waals surface area contributed by atoms with Crippen LogP contribution < -0.4 is 11.5 Å². The van der Waals surface area contributed by atoms with Gasteiger partial charge in [-0.25, -0.2) is 0 Å². The number of carbonyl (C=O) groups excluding carboxylic acids is 2. The molecule has 0 aromatic heterocycles. The van der Waals surface area contributed by atoms with Gasteiger partial charge in [-0.3, -0.25) is 9.59 Å². The lowest BCUT2D eigenvalue weighted by molar-refractivity contribution is -0.126. The molecular formula is C12H14N2O3. The summed E-state index contributed by atoms with van der Waals surface area (Å²) in [5.74, 6) is -1.67. The molecule has 5 heteroatoms. The minimum Gasteiger partial charge on any atom is -0.388 e. The molecule has 0 spiro atoms. The van der Waals surface area contributed by atoms with Crippen LogP contribution in [-0.4, -0.2) is 16.9 Å². The lowest BCUT2D eigenvalue weighted by Gasteiger charge is -2.28. The molecule has 0 bridgehead atoms. The molecule has 0 fully saturated rings. The van der Waals surface area contributed by atoms with Crippen molar-refractivity contribution in [3.05, 3.63) is 34.9 Å². The maximum absolute atomic E-state index is 11.2. The Labute approximate surface area is 98.4 Å². The van der Waals surface area contributed by atoms with Gasteiger partial charge in [0.05, 0.1) is 12.0 Å². The average Bonchev–Trinajstić information content (AvgIpc) is 2.28. The molecule has 2 amide bonds. The van der Waals surface area contributed by atoms with Gasteiger partial charge in [0.25, 0.3) is 0 Å². The number of primary amides is 2. The molecule has 2 atom stereocenters. The number of aliphatic hydroxyl groups is 1. The van der Waals surface area contributed by atoms with Gasteiger partial charge in [0.1, 0.15) is 0 Å².